The normalized spacial score (nSPS) is 15.6. The number of hydrogen-bond donors (Lipinski definition) is 0. The van der Waals surface area contributed by atoms with E-state index in [0.29, 0.717) is 37.0 Å². The van der Waals surface area contributed by atoms with Crippen molar-refractivity contribution in [2.45, 2.75) is 13.8 Å². The van der Waals surface area contributed by atoms with Gasteiger partial charge < -0.3 is 9.64 Å². The fourth-order valence-corrected chi connectivity index (χ4v) is 4.01. The first-order valence-corrected chi connectivity index (χ1v) is 9.53. The van der Waals surface area contributed by atoms with Crippen molar-refractivity contribution < 1.29 is 17.9 Å². The maximum absolute atomic E-state index is 12.4. The highest BCUT2D eigenvalue weighted by atomic mass is 35.5. The van der Waals surface area contributed by atoms with Crippen LogP contribution in [0.15, 0.2) is 12.1 Å². The molecule has 1 aliphatic heterocycles. The lowest BCUT2D eigenvalue weighted by atomic mass is 10.1. The second-order valence-corrected chi connectivity index (χ2v) is 7.99. The smallest absolute Gasteiger partial charge is 0.243 e. The Bertz CT molecular complexity index is 676. The van der Waals surface area contributed by atoms with Crippen LogP contribution < -0.4 is 4.31 Å². The fraction of sp³-hybridized carbons (Fsp3) is 0.533. The number of nitrogens with zero attached hydrogens (tertiary/aromatic N) is 2. The van der Waals surface area contributed by atoms with Crippen molar-refractivity contribution in [1.82, 2.24) is 4.90 Å². The Labute approximate surface area is 142 Å². The van der Waals surface area contributed by atoms with Gasteiger partial charge in [0, 0.05) is 13.1 Å². The molecule has 23 heavy (non-hydrogen) atoms. The molecule has 6 nitrogen and oxygen atoms in total. The number of hydrogen-bond acceptors (Lipinski definition) is 4. The molecular formula is C15H21ClN2O4S. The number of sulfonamides is 1. The molecule has 1 aromatic carbocycles. The van der Waals surface area contributed by atoms with Gasteiger partial charge in [-0.15, -0.1) is 0 Å². The molecule has 8 heteroatoms. The van der Waals surface area contributed by atoms with Crippen LogP contribution in [0.4, 0.5) is 5.69 Å². The Morgan fingerprint density at radius 3 is 2.43 bits per heavy atom. The number of amides is 1. The predicted octanol–water partition coefficient (Wildman–Crippen LogP) is 1.58. The molecule has 1 aromatic rings. The summed E-state index contributed by atoms with van der Waals surface area (Å²) in [4.78, 5) is 14.0. The van der Waals surface area contributed by atoms with E-state index in [0.717, 1.165) is 21.7 Å². The summed E-state index contributed by atoms with van der Waals surface area (Å²) in [6.07, 6.45) is 1.08. The minimum Gasteiger partial charge on any atom is -0.378 e. The van der Waals surface area contributed by atoms with Crippen LogP contribution in [0, 0.1) is 13.8 Å². The summed E-state index contributed by atoms with van der Waals surface area (Å²) >= 11 is 6.25. The number of benzene rings is 1. The number of morpholine rings is 1. The highest BCUT2D eigenvalue weighted by Crippen LogP contribution is 2.32. The van der Waals surface area contributed by atoms with Crippen LogP contribution in [-0.4, -0.2) is 58.3 Å². The third-order valence-electron chi connectivity index (χ3n) is 3.69. The molecule has 1 saturated heterocycles. The number of carbonyl (C=O) groups excluding carboxylic acids is 1. The molecule has 0 spiro atoms. The monoisotopic (exact) mass is 360 g/mol. The SMILES string of the molecule is Cc1cc(C)c(N(CC(=O)N2CCOCC2)S(C)(=O)=O)c(Cl)c1. The van der Waals surface area contributed by atoms with Crippen LogP contribution in [0.5, 0.6) is 0 Å². The number of halogens is 1. The van der Waals surface area contributed by atoms with Gasteiger partial charge in [0.25, 0.3) is 0 Å². The van der Waals surface area contributed by atoms with Crippen molar-refractivity contribution in [3.63, 3.8) is 0 Å². The molecule has 1 amide bonds. The number of anilines is 1. The van der Waals surface area contributed by atoms with E-state index in [-0.39, 0.29) is 12.5 Å². The Balaban J connectivity index is 2.34. The third kappa shape index (κ3) is 4.37. The molecule has 0 atom stereocenters. The second-order valence-electron chi connectivity index (χ2n) is 5.68. The van der Waals surface area contributed by atoms with Gasteiger partial charge in [0.2, 0.25) is 15.9 Å². The summed E-state index contributed by atoms with van der Waals surface area (Å²) in [5.41, 5.74) is 2.01. The Morgan fingerprint density at radius 2 is 1.91 bits per heavy atom. The Kier molecular flexibility index (Phi) is 5.54. The molecule has 0 saturated carbocycles. The summed E-state index contributed by atoms with van der Waals surface area (Å²) in [5, 5.41) is 0.322. The Morgan fingerprint density at radius 1 is 1.30 bits per heavy atom. The first-order valence-electron chi connectivity index (χ1n) is 7.30. The molecule has 1 aliphatic rings. The lowest BCUT2D eigenvalue weighted by Gasteiger charge is -2.31. The first-order chi connectivity index (χ1) is 10.7. The number of carbonyl (C=O) groups is 1. The largest absolute Gasteiger partial charge is 0.378 e. The standard InChI is InChI=1S/C15H21ClN2O4S/c1-11-8-12(2)15(13(16)9-11)18(23(3,20)21)10-14(19)17-4-6-22-7-5-17/h8-9H,4-7,10H2,1-3H3. The minimum absolute atomic E-state index is 0.255. The first kappa shape index (κ1) is 18.0. The molecule has 0 aliphatic carbocycles. The zero-order valence-electron chi connectivity index (χ0n) is 13.5. The molecule has 0 bridgehead atoms. The average Bonchev–Trinajstić information content (AvgIpc) is 2.45. The van der Waals surface area contributed by atoms with E-state index in [9.17, 15) is 13.2 Å². The van der Waals surface area contributed by atoms with Gasteiger partial charge in [-0.25, -0.2) is 8.42 Å². The minimum atomic E-state index is -3.64. The van der Waals surface area contributed by atoms with Crippen LogP contribution >= 0.6 is 11.6 Å². The van der Waals surface area contributed by atoms with Crippen LogP contribution in [0.25, 0.3) is 0 Å². The zero-order chi connectivity index (χ0) is 17.2. The summed E-state index contributed by atoms with van der Waals surface area (Å²) < 4.78 is 30.7. The molecule has 2 rings (SSSR count). The molecule has 0 unspecified atom stereocenters. The molecule has 128 valence electrons. The number of rotatable bonds is 4. The summed E-state index contributed by atoms with van der Waals surface area (Å²) in [6, 6.07) is 3.54. The van der Waals surface area contributed by atoms with Gasteiger partial charge in [0.1, 0.15) is 6.54 Å². The third-order valence-corrected chi connectivity index (χ3v) is 5.09. The molecular weight excluding hydrogens is 340 g/mol. The van der Waals surface area contributed by atoms with E-state index in [1.54, 1.807) is 17.9 Å². The molecule has 1 heterocycles. The van der Waals surface area contributed by atoms with E-state index in [1.807, 2.05) is 13.0 Å². The lowest BCUT2D eigenvalue weighted by Crippen LogP contribution is -2.47. The quantitative estimate of drug-likeness (QED) is 0.817. The van der Waals surface area contributed by atoms with Gasteiger partial charge in [0.15, 0.2) is 0 Å². The maximum atomic E-state index is 12.4. The fourth-order valence-electron chi connectivity index (χ4n) is 2.62. The molecule has 0 radical (unpaired) electrons. The van der Waals surface area contributed by atoms with Gasteiger partial charge in [-0.2, -0.15) is 0 Å². The van der Waals surface area contributed by atoms with Crippen LogP contribution in [0.3, 0.4) is 0 Å². The topological polar surface area (TPSA) is 66.9 Å². The zero-order valence-corrected chi connectivity index (χ0v) is 15.1. The Hall–Kier alpha value is -1.31. The van der Waals surface area contributed by atoms with Crippen molar-refractivity contribution in [2.75, 3.05) is 43.4 Å². The summed E-state index contributed by atoms with van der Waals surface area (Å²) in [5.74, 6) is -0.255. The van der Waals surface area contributed by atoms with Gasteiger partial charge in [-0.05, 0) is 31.0 Å². The van der Waals surface area contributed by atoms with Crippen LogP contribution in [0.1, 0.15) is 11.1 Å². The van der Waals surface area contributed by atoms with Gasteiger partial charge >= 0.3 is 0 Å². The van der Waals surface area contributed by atoms with Gasteiger partial charge in [-0.1, -0.05) is 17.7 Å². The lowest BCUT2D eigenvalue weighted by molar-refractivity contribution is -0.133. The van der Waals surface area contributed by atoms with Crippen molar-refractivity contribution in [3.8, 4) is 0 Å². The number of ether oxygens (including phenoxy) is 1. The van der Waals surface area contributed by atoms with Crippen molar-refractivity contribution in [1.29, 1.82) is 0 Å². The van der Waals surface area contributed by atoms with Crippen LogP contribution in [-0.2, 0) is 19.6 Å². The second kappa shape index (κ2) is 7.07. The van der Waals surface area contributed by atoms with Gasteiger partial charge in [-0.3, -0.25) is 9.10 Å². The average molecular weight is 361 g/mol. The molecule has 0 N–H and O–H groups in total. The van der Waals surface area contributed by atoms with Gasteiger partial charge in [0.05, 0.1) is 30.2 Å². The summed E-state index contributed by atoms with van der Waals surface area (Å²) in [6.45, 7) is 5.28. The summed E-state index contributed by atoms with van der Waals surface area (Å²) in [7, 11) is -3.64. The van der Waals surface area contributed by atoms with Crippen molar-refractivity contribution >= 4 is 33.2 Å². The van der Waals surface area contributed by atoms with E-state index < -0.39 is 10.0 Å². The predicted molar refractivity (Wildman–Crippen MR) is 90.5 cm³/mol. The van der Waals surface area contributed by atoms with Crippen molar-refractivity contribution in [2.24, 2.45) is 0 Å². The molecule has 1 fully saturated rings. The maximum Gasteiger partial charge on any atom is 0.243 e. The number of aryl methyl sites for hydroxylation is 2. The van der Waals surface area contributed by atoms with E-state index in [4.69, 9.17) is 16.3 Å². The van der Waals surface area contributed by atoms with E-state index in [1.165, 1.54) is 0 Å². The van der Waals surface area contributed by atoms with E-state index >= 15 is 0 Å². The van der Waals surface area contributed by atoms with Crippen molar-refractivity contribution in [3.05, 3.63) is 28.3 Å². The highest BCUT2D eigenvalue weighted by molar-refractivity contribution is 7.92. The van der Waals surface area contributed by atoms with E-state index in [2.05, 4.69) is 0 Å². The highest BCUT2D eigenvalue weighted by Gasteiger charge is 2.27. The molecule has 0 aromatic heterocycles. The van der Waals surface area contributed by atoms with Crippen LogP contribution in [0.2, 0.25) is 5.02 Å².